The Balaban J connectivity index is 1.91. The van der Waals surface area contributed by atoms with Crippen LogP contribution >= 0.6 is 0 Å². The van der Waals surface area contributed by atoms with Crippen molar-refractivity contribution in [1.29, 1.82) is 0 Å². The topological polar surface area (TPSA) is 85.9 Å². The van der Waals surface area contributed by atoms with Crippen LogP contribution in [0.15, 0.2) is 78.5 Å². The van der Waals surface area contributed by atoms with Gasteiger partial charge in [0.25, 0.3) is 11.8 Å². The first-order valence-corrected chi connectivity index (χ1v) is 10.2. The standard InChI is InChI=1S/C25H21F3N2O5/c1-33-20-12-13-22(34-2)17(14-20)15-21(30-23(31)16-6-4-3-5-7-16)24(32)29-18-8-10-19(11-9-18)35-25(26,27)28/h3-15H,1-2H3,(H,29,32)(H,30,31)/b21-15-. The normalized spacial score (nSPS) is 11.4. The van der Waals surface area contributed by atoms with Gasteiger partial charge in [0.1, 0.15) is 22.9 Å². The molecule has 0 fully saturated rings. The van der Waals surface area contributed by atoms with Crippen molar-refractivity contribution in [3.63, 3.8) is 0 Å². The van der Waals surface area contributed by atoms with Gasteiger partial charge in [0.15, 0.2) is 0 Å². The quantitative estimate of drug-likeness (QED) is 0.437. The van der Waals surface area contributed by atoms with Gasteiger partial charge in [-0.25, -0.2) is 0 Å². The first-order valence-electron chi connectivity index (χ1n) is 10.2. The molecule has 0 aliphatic heterocycles. The number of anilines is 1. The number of methoxy groups -OCH3 is 2. The van der Waals surface area contributed by atoms with Crippen molar-refractivity contribution < 1.29 is 37.0 Å². The van der Waals surface area contributed by atoms with E-state index in [0.29, 0.717) is 22.6 Å². The van der Waals surface area contributed by atoms with Crippen LogP contribution in [0.3, 0.4) is 0 Å². The molecule has 0 aliphatic carbocycles. The summed E-state index contributed by atoms with van der Waals surface area (Å²) < 4.78 is 51.5. The third-order valence-corrected chi connectivity index (χ3v) is 4.61. The SMILES string of the molecule is COc1ccc(OC)c(/C=C(\NC(=O)c2ccccc2)C(=O)Nc2ccc(OC(F)(F)F)cc2)c1. The van der Waals surface area contributed by atoms with E-state index < -0.39 is 23.9 Å². The lowest BCUT2D eigenvalue weighted by atomic mass is 10.1. The van der Waals surface area contributed by atoms with Gasteiger partial charge in [0.05, 0.1) is 14.2 Å². The van der Waals surface area contributed by atoms with Crippen LogP contribution in [0.5, 0.6) is 17.2 Å². The van der Waals surface area contributed by atoms with Gasteiger partial charge in [0, 0.05) is 16.8 Å². The van der Waals surface area contributed by atoms with E-state index in [9.17, 15) is 22.8 Å². The van der Waals surface area contributed by atoms with E-state index >= 15 is 0 Å². The van der Waals surface area contributed by atoms with Crippen molar-refractivity contribution in [2.45, 2.75) is 6.36 Å². The highest BCUT2D eigenvalue weighted by molar-refractivity contribution is 6.10. The molecule has 0 heterocycles. The Morgan fingerprint density at radius 1 is 0.857 bits per heavy atom. The lowest BCUT2D eigenvalue weighted by molar-refractivity contribution is -0.274. The lowest BCUT2D eigenvalue weighted by Gasteiger charge is -2.14. The van der Waals surface area contributed by atoms with Crippen molar-refractivity contribution in [2.75, 3.05) is 19.5 Å². The van der Waals surface area contributed by atoms with Crippen LogP contribution in [-0.4, -0.2) is 32.4 Å². The Morgan fingerprint density at radius 3 is 2.11 bits per heavy atom. The molecule has 10 heteroatoms. The molecule has 0 saturated heterocycles. The molecule has 35 heavy (non-hydrogen) atoms. The summed E-state index contributed by atoms with van der Waals surface area (Å²) in [5, 5.41) is 5.12. The Hall–Kier alpha value is -4.47. The number of benzene rings is 3. The summed E-state index contributed by atoms with van der Waals surface area (Å²) in [5.41, 5.74) is 0.805. The third kappa shape index (κ3) is 7.26. The van der Waals surface area contributed by atoms with Gasteiger partial charge in [-0.1, -0.05) is 18.2 Å². The van der Waals surface area contributed by atoms with Gasteiger partial charge < -0.3 is 24.8 Å². The van der Waals surface area contributed by atoms with Crippen molar-refractivity contribution >= 4 is 23.6 Å². The predicted molar refractivity (Wildman–Crippen MR) is 123 cm³/mol. The largest absolute Gasteiger partial charge is 0.573 e. The van der Waals surface area contributed by atoms with Gasteiger partial charge >= 0.3 is 6.36 Å². The predicted octanol–water partition coefficient (Wildman–Crippen LogP) is 5.01. The maximum atomic E-state index is 13.1. The van der Waals surface area contributed by atoms with E-state index in [4.69, 9.17) is 9.47 Å². The van der Waals surface area contributed by atoms with Crippen LogP contribution in [-0.2, 0) is 4.79 Å². The molecule has 3 rings (SSSR count). The van der Waals surface area contributed by atoms with Gasteiger partial charge in [-0.15, -0.1) is 13.2 Å². The summed E-state index contributed by atoms with van der Waals surface area (Å²) in [6.45, 7) is 0. The van der Waals surface area contributed by atoms with Gasteiger partial charge in [0.2, 0.25) is 0 Å². The molecular weight excluding hydrogens is 465 g/mol. The molecule has 0 bridgehead atoms. The van der Waals surface area contributed by atoms with Crippen molar-refractivity contribution in [3.8, 4) is 17.2 Å². The molecule has 7 nitrogen and oxygen atoms in total. The minimum absolute atomic E-state index is 0.138. The van der Waals surface area contributed by atoms with E-state index in [1.54, 1.807) is 48.5 Å². The molecule has 0 aliphatic rings. The second-order valence-corrected chi connectivity index (χ2v) is 7.01. The van der Waals surface area contributed by atoms with E-state index in [2.05, 4.69) is 15.4 Å². The minimum atomic E-state index is -4.84. The van der Waals surface area contributed by atoms with E-state index in [-0.39, 0.29) is 11.4 Å². The molecule has 3 aromatic rings. The minimum Gasteiger partial charge on any atom is -0.497 e. The summed E-state index contributed by atoms with van der Waals surface area (Å²) in [6, 6.07) is 17.8. The molecule has 0 aromatic heterocycles. The fourth-order valence-corrected chi connectivity index (χ4v) is 2.99. The van der Waals surface area contributed by atoms with Crippen LogP contribution in [0.1, 0.15) is 15.9 Å². The first-order chi connectivity index (χ1) is 16.7. The number of hydrogen-bond acceptors (Lipinski definition) is 5. The maximum absolute atomic E-state index is 13.1. The van der Waals surface area contributed by atoms with Crippen molar-refractivity contribution in [2.24, 2.45) is 0 Å². The van der Waals surface area contributed by atoms with Crippen LogP contribution in [0.4, 0.5) is 18.9 Å². The highest BCUT2D eigenvalue weighted by Crippen LogP contribution is 2.27. The number of carbonyl (C=O) groups is 2. The summed E-state index contributed by atoms with van der Waals surface area (Å²) in [5.74, 6) is -0.790. The van der Waals surface area contributed by atoms with Crippen LogP contribution in [0, 0.1) is 0 Å². The number of carbonyl (C=O) groups excluding carboxylic acids is 2. The van der Waals surface area contributed by atoms with E-state index in [1.165, 1.54) is 32.4 Å². The highest BCUT2D eigenvalue weighted by Gasteiger charge is 2.31. The molecule has 2 N–H and O–H groups in total. The average molecular weight is 486 g/mol. The van der Waals surface area contributed by atoms with Gasteiger partial charge in [-0.05, 0) is 60.7 Å². The van der Waals surface area contributed by atoms with Crippen LogP contribution < -0.4 is 24.8 Å². The summed E-state index contributed by atoms with van der Waals surface area (Å²) in [4.78, 5) is 25.8. The zero-order valence-corrected chi connectivity index (χ0v) is 18.7. The molecule has 0 unspecified atom stereocenters. The molecule has 0 radical (unpaired) electrons. The third-order valence-electron chi connectivity index (χ3n) is 4.61. The molecule has 182 valence electrons. The van der Waals surface area contributed by atoms with Crippen molar-refractivity contribution in [3.05, 3.63) is 89.6 Å². The summed E-state index contributed by atoms with van der Waals surface area (Å²) in [7, 11) is 2.93. The number of halogens is 3. The molecule has 0 saturated carbocycles. The lowest BCUT2D eigenvalue weighted by Crippen LogP contribution is -2.30. The zero-order chi connectivity index (χ0) is 25.4. The first kappa shape index (κ1) is 25.2. The second-order valence-electron chi connectivity index (χ2n) is 7.01. The maximum Gasteiger partial charge on any atom is 0.573 e. The van der Waals surface area contributed by atoms with Gasteiger partial charge in [-0.2, -0.15) is 0 Å². The second kappa shape index (κ2) is 11.1. The molecule has 3 aromatic carbocycles. The van der Waals surface area contributed by atoms with Gasteiger partial charge in [-0.3, -0.25) is 9.59 Å². The molecular formula is C25H21F3N2O5. The van der Waals surface area contributed by atoms with E-state index in [0.717, 1.165) is 12.1 Å². The molecule has 0 atom stereocenters. The number of rotatable bonds is 8. The molecule has 2 amide bonds. The summed E-state index contributed by atoms with van der Waals surface area (Å²) >= 11 is 0. The zero-order valence-electron chi connectivity index (χ0n) is 18.7. The fraction of sp³-hybridized carbons (Fsp3) is 0.120. The number of alkyl halides is 3. The Morgan fingerprint density at radius 2 is 1.51 bits per heavy atom. The Labute approximate surface area is 199 Å². The van der Waals surface area contributed by atoms with Crippen LogP contribution in [0.25, 0.3) is 6.08 Å². The number of amides is 2. The monoisotopic (exact) mass is 486 g/mol. The summed E-state index contributed by atoms with van der Waals surface area (Å²) in [6.07, 6.45) is -3.43. The smallest absolute Gasteiger partial charge is 0.497 e. The van der Waals surface area contributed by atoms with Crippen molar-refractivity contribution in [1.82, 2.24) is 5.32 Å². The number of nitrogens with one attached hydrogen (secondary N) is 2. The Kier molecular flexibility index (Phi) is 7.98. The number of hydrogen-bond donors (Lipinski definition) is 2. The Bertz CT molecular complexity index is 1210. The fourth-order valence-electron chi connectivity index (χ4n) is 2.99. The van der Waals surface area contributed by atoms with E-state index in [1.807, 2.05) is 0 Å². The van der Waals surface area contributed by atoms with Crippen LogP contribution in [0.2, 0.25) is 0 Å². The average Bonchev–Trinajstić information content (AvgIpc) is 2.84. The molecule has 0 spiro atoms. The highest BCUT2D eigenvalue weighted by atomic mass is 19.4. The number of ether oxygens (including phenoxy) is 3.